The Kier molecular flexibility index (Phi) is 5.19. The van der Waals surface area contributed by atoms with E-state index in [0.717, 1.165) is 21.4 Å². The quantitative estimate of drug-likeness (QED) is 0.628. The Bertz CT molecular complexity index is 830. The number of carbonyl (C=O) groups is 1. The highest BCUT2D eigenvalue weighted by Crippen LogP contribution is 2.34. The van der Waals surface area contributed by atoms with Crippen molar-refractivity contribution in [3.8, 4) is 10.6 Å². The van der Waals surface area contributed by atoms with Crippen LogP contribution in [0.15, 0.2) is 35.7 Å². The molecule has 0 aliphatic carbocycles. The first-order valence-electron chi connectivity index (χ1n) is 7.32. The summed E-state index contributed by atoms with van der Waals surface area (Å²) in [5.74, 6) is -0.181. The number of anilines is 2. The number of thiazole rings is 2. The van der Waals surface area contributed by atoms with Crippen LogP contribution < -0.4 is 10.6 Å². The van der Waals surface area contributed by atoms with Gasteiger partial charge in [-0.25, -0.2) is 9.97 Å². The third kappa shape index (κ3) is 3.78. The van der Waals surface area contributed by atoms with Crippen LogP contribution in [-0.2, 0) is 0 Å². The zero-order valence-electron chi connectivity index (χ0n) is 12.9. The van der Waals surface area contributed by atoms with Gasteiger partial charge in [-0.3, -0.25) is 10.1 Å². The summed E-state index contributed by atoms with van der Waals surface area (Å²) in [4.78, 5) is 22.0. The van der Waals surface area contributed by atoms with Gasteiger partial charge in [-0.1, -0.05) is 29.5 Å². The van der Waals surface area contributed by atoms with Gasteiger partial charge in [0.2, 0.25) is 0 Å². The van der Waals surface area contributed by atoms with Crippen LogP contribution in [-0.4, -0.2) is 34.1 Å². The molecule has 1 aromatic carbocycles. The molecule has 0 spiro atoms. The van der Waals surface area contributed by atoms with Crippen LogP contribution in [0.4, 0.5) is 10.3 Å². The van der Waals surface area contributed by atoms with Gasteiger partial charge in [0, 0.05) is 17.5 Å². The van der Waals surface area contributed by atoms with Crippen molar-refractivity contribution in [1.29, 1.82) is 0 Å². The highest BCUT2D eigenvalue weighted by molar-refractivity contribution is 7.20. The Morgan fingerprint density at radius 2 is 2.00 bits per heavy atom. The zero-order valence-corrected chi connectivity index (χ0v) is 14.6. The number of benzene rings is 1. The van der Waals surface area contributed by atoms with Crippen LogP contribution in [0.3, 0.4) is 0 Å². The lowest BCUT2D eigenvalue weighted by atomic mass is 10.2. The molecule has 2 aromatic heterocycles. The fraction of sp³-hybridized carbons (Fsp3) is 0.188. The molecule has 3 aromatic rings. The van der Waals surface area contributed by atoms with E-state index in [1.807, 2.05) is 30.5 Å². The lowest BCUT2D eigenvalue weighted by molar-refractivity contribution is 0.102. The number of hydrogen-bond donors (Lipinski definition) is 3. The van der Waals surface area contributed by atoms with Gasteiger partial charge in [-0.05, 0) is 19.1 Å². The number of aryl methyl sites for hydroxylation is 1. The second kappa shape index (κ2) is 7.52. The predicted molar refractivity (Wildman–Crippen MR) is 97.9 cm³/mol. The molecule has 6 nitrogen and oxygen atoms in total. The maximum atomic E-state index is 12.2. The van der Waals surface area contributed by atoms with E-state index in [-0.39, 0.29) is 12.5 Å². The van der Waals surface area contributed by atoms with Gasteiger partial charge in [0.05, 0.1) is 22.9 Å². The van der Waals surface area contributed by atoms with Crippen LogP contribution in [0.25, 0.3) is 10.6 Å². The number of nitrogens with one attached hydrogen (secondary N) is 2. The summed E-state index contributed by atoms with van der Waals surface area (Å²) >= 11 is 2.87. The molecule has 8 heteroatoms. The van der Waals surface area contributed by atoms with Crippen molar-refractivity contribution in [3.63, 3.8) is 0 Å². The molecule has 0 atom stereocenters. The molecular formula is C16H16N4O2S2. The van der Waals surface area contributed by atoms with Crippen LogP contribution in [0.2, 0.25) is 0 Å². The van der Waals surface area contributed by atoms with Crippen molar-refractivity contribution in [2.24, 2.45) is 0 Å². The molecule has 24 heavy (non-hydrogen) atoms. The van der Waals surface area contributed by atoms with Crippen LogP contribution in [0, 0.1) is 6.92 Å². The molecule has 0 saturated carbocycles. The highest BCUT2D eigenvalue weighted by Gasteiger charge is 2.15. The Morgan fingerprint density at radius 1 is 1.21 bits per heavy atom. The SMILES string of the molecule is Cc1nc(NC(=O)c2ccccc2)sc1-c1csc(NCCO)n1. The van der Waals surface area contributed by atoms with Crippen molar-refractivity contribution >= 4 is 38.8 Å². The van der Waals surface area contributed by atoms with Crippen molar-refractivity contribution in [3.05, 3.63) is 47.0 Å². The molecule has 0 aliphatic rings. The van der Waals surface area contributed by atoms with E-state index in [2.05, 4.69) is 20.6 Å². The molecule has 0 unspecified atom stereocenters. The van der Waals surface area contributed by atoms with Gasteiger partial charge in [0.15, 0.2) is 10.3 Å². The maximum Gasteiger partial charge on any atom is 0.257 e. The van der Waals surface area contributed by atoms with Crippen molar-refractivity contribution in [2.75, 3.05) is 23.8 Å². The average molecular weight is 360 g/mol. The van der Waals surface area contributed by atoms with Crippen molar-refractivity contribution in [1.82, 2.24) is 9.97 Å². The van der Waals surface area contributed by atoms with Crippen LogP contribution in [0.5, 0.6) is 0 Å². The maximum absolute atomic E-state index is 12.2. The molecule has 3 rings (SSSR count). The second-order valence-corrected chi connectivity index (χ2v) is 6.80. The normalized spacial score (nSPS) is 10.6. The number of nitrogens with zero attached hydrogens (tertiary/aromatic N) is 2. The summed E-state index contributed by atoms with van der Waals surface area (Å²) in [6.07, 6.45) is 0. The topological polar surface area (TPSA) is 87.1 Å². The Morgan fingerprint density at radius 3 is 2.75 bits per heavy atom. The molecule has 1 amide bonds. The van der Waals surface area contributed by atoms with Gasteiger partial charge >= 0.3 is 0 Å². The minimum Gasteiger partial charge on any atom is -0.395 e. The molecule has 3 N–H and O–H groups in total. The monoisotopic (exact) mass is 360 g/mol. The Balaban J connectivity index is 1.75. The van der Waals surface area contributed by atoms with E-state index < -0.39 is 0 Å². The number of carbonyl (C=O) groups excluding carboxylic acids is 1. The Hall–Kier alpha value is -2.29. The largest absolute Gasteiger partial charge is 0.395 e. The lowest BCUT2D eigenvalue weighted by Crippen LogP contribution is -2.11. The highest BCUT2D eigenvalue weighted by atomic mass is 32.1. The lowest BCUT2D eigenvalue weighted by Gasteiger charge is -2.00. The fourth-order valence-corrected chi connectivity index (χ4v) is 3.80. The van der Waals surface area contributed by atoms with E-state index in [1.165, 1.54) is 22.7 Å². The number of hydrogen-bond acceptors (Lipinski definition) is 7. The van der Waals surface area contributed by atoms with E-state index in [9.17, 15) is 4.79 Å². The molecule has 0 saturated heterocycles. The summed E-state index contributed by atoms with van der Waals surface area (Å²) < 4.78 is 0. The number of aliphatic hydroxyl groups excluding tert-OH is 1. The van der Waals surface area contributed by atoms with Gasteiger partial charge in [0.1, 0.15) is 0 Å². The third-order valence-corrected chi connectivity index (χ3v) is 5.07. The minimum absolute atomic E-state index is 0.0597. The summed E-state index contributed by atoms with van der Waals surface area (Å²) in [7, 11) is 0. The molecule has 0 radical (unpaired) electrons. The molecule has 0 bridgehead atoms. The summed E-state index contributed by atoms with van der Waals surface area (Å²) in [5, 5.41) is 17.9. The number of aromatic nitrogens is 2. The van der Waals surface area contributed by atoms with Gasteiger partial charge in [0.25, 0.3) is 5.91 Å². The minimum atomic E-state index is -0.181. The van der Waals surface area contributed by atoms with Crippen molar-refractivity contribution in [2.45, 2.75) is 6.92 Å². The first kappa shape index (κ1) is 16.6. The smallest absolute Gasteiger partial charge is 0.257 e. The predicted octanol–water partition coefficient (Wildman–Crippen LogP) is 3.23. The summed E-state index contributed by atoms with van der Waals surface area (Å²) in [6, 6.07) is 9.03. The zero-order chi connectivity index (χ0) is 16.9. The second-order valence-electron chi connectivity index (χ2n) is 4.94. The van der Waals surface area contributed by atoms with Gasteiger partial charge in [-0.15, -0.1) is 11.3 Å². The standard InChI is InChI=1S/C16H16N4O2S2/c1-10-13(12-9-23-15(19-12)17-7-8-21)24-16(18-10)20-14(22)11-5-3-2-4-6-11/h2-6,9,21H,7-8H2,1H3,(H,17,19)(H,18,20,22). The Labute approximate surface area is 147 Å². The van der Waals surface area contributed by atoms with Crippen LogP contribution in [0.1, 0.15) is 16.1 Å². The average Bonchev–Trinajstić information content (AvgIpc) is 3.20. The van der Waals surface area contributed by atoms with Gasteiger partial charge in [-0.2, -0.15) is 0 Å². The molecule has 0 aliphatic heterocycles. The number of rotatable bonds is 6. The first-order valence-corrected chi connectivity index (χ1v) is 9.01. The van der Waals surface area contributed by atoms with E-state index >= 15 is 0 Å². The molecule has 2 heterocycles. The van der Waals surface area contributed by atoms with Crippen molar-refractivity contribution < 1.29 is 9.90 Å². The van der Waals surface area contributed by atoms with E-state index in [1.54, 1.807) is 12.1 Å². The molecular weight excluding hydrogens is 344 g/mol. The van der Waals surface area contributed by atoms with Crippen LogP contribution >= 0.6 is 22.7 Å². The molecule has 124 valence electrons. The van der Waals surface area contributed by atoms with E-state index in [4.69, 9.17) is 5.11 Å². The number of amides is 1. The first-order chi connectivity index (χ1) is 11.7. The fourth-order valence-electron chi connectivity index (χ4n) is 2.07. The summed E-state index contributed by atoms with van der Waals surface area (Å²) in [5.41, 5.74) is 2.23. The van der Waals surface area contributed by atoms with Gasteiger partial charge < -0.3 is 10.4 Å². The molecule has 0 fully saturated rings. The van der Waals surface area contributed by atoms with E-state index in [0.29, 0.717) is 17.2 Å². The number of aliphatic hydroxyl groups is 1. The summed E-state index contributed by atoms with van der Waals surface area (Å²) in [6.45, 7) is 2.42. The third-order valence-electron chi connectivity index (χ3n) is 3.18.